The lowest BCUT2D eigenvalue weighted by molar-refractivity contribution is -0.146. The number of rotatable bonds is 2. The van der Waals surface area contributed by atoms with E-state index in [0.717, 1.165) is 0 Å². The van der Waals surface area contributed by atoms with Crippen LogP contribution in [0.4, 0.5) is 14.9 Å². The third-order valence-corrected chi connectivity index (χ3v) is 4.06. The van der Waals surface area contributed by atoms with Crippen LogP contribution in [0.25, 0.3) is 0 Å². The molecule has 0 saturated carbocycles. The molecule has 2 N–H and O–H groups in total. The SMILES string of the molecule is CC1(C(=O)O)CCN(C(=O)Nc2ccc(F)c(Br)c2)C1. The first-order chi connectivity index (χ1) is 9.32. The van der Waals surface area contributed by atoms with Gasteiger partial charge in [-0.25, -0.2) is 9.18 Å². The highest BCUT2D eigenvalue weighted by Gasteiger charge is 2.42. The molecule has 1 heterocycles. The lowest BCUT2D eigenvalue weighted by atomic mass is 9.90. The number of hydrogen-bond acceptors (Lipinski definition) is 2. The number of aliphatic carboxylic acids is 1. The molecule has 1 aliphatic rings. The van der Waals surface area contributed by atoms with E-state index in [1.807, 2.05) is 0 Å². The molecule has 108 valence electrons. The van der Waals surface area contributed by atoms with Crippen molar-refractivity contribution in [2.75, 3.05) is 18.4 Å². The quantitative estimate of drug-likeness (QED) is 0.866. The van der Waals surface area contributed by atoms with Crippen molar-refractivity contribution in [1.29, 1.82) is 0 Å². The number of halogens is 2. The van der Waals surface area contributed by atoms with E-state index in [0.29, 0.717) is 18.7 Å². The van der Waals surface area contributed by atoms with Crippen molar-refractivity contribution >= 4 is 33.6 Å². The van der Waals surface area contributed by atoms with Gasteiger partial charge in [0.25, 0.3) is 0 Å². The van der Waals surface area contributed by atoms with Crippen molar-refractivity contribution in [3.8, 4) is 0 Å². The first-order valence-corrected chi connectivity index (χ1v) is 6.85. The summed E-state index contributed by atoms with van der Waals surface area (Å²) in [6.45, 7) is 2.17. The third kappa shape index (κ3) is 2.92. The molecule has 1 saturated heterocycles. The number of hydrogen-bond donors (Lipinski definition) is 2. The molecular weight excluding hydrogens is 331 g/mol. The summed E-state index contributed by atoms with van der Waals surface area (Å²) in [5.74, 6) is -1.32. The van der Waals surface area contributed by atoms with E-state index in [4.69, 9.17) is 5.11 Å². The summed E-state index contributed by atoms with van der Waals surface area (Å²) in [5, 5.41) is 11.7. The van der Waals surface area contributed by atoms with Gasteiger partial charge in [-0.15, -0.1) is 0 Å². The zero-order chi connectivity index (χ0) is 14.9. The highest BCUT2D eigenvalue weighted by atomic mass is 79.9. The summed E-state index contributed by atoms with van der Waals surface area (Å²) >= 11 is 3.04. The number of carboxylic acids is 1. The van der Waals surface area contributed by atoms with E-state index in [1.165, 1.54) is 23.1 Å². The van der Waals surface area contributed by atoms with E-state index in [2.05, 4.69) is 21.2 Å². The van der Waals surface area contributed by atoms with Crippen LogP contribution in [-0.4, -0.2) is 35.1 Å². The Hall–Kier alpha value is -1.63. The molecule has 1 unspecified atom stereocenters. The fraction of sp³-hybridized carbons (Fsp3) is 0.385. The van der Waals surface area contributed by atoms with Gasteiger partial charge in [-0.3, -0.25) is 4.79 Å². The predicted molar refractivity (Wildman–Crippen MR) is 75.1 cm³/mol. The van der Waals surface area contributed by atoms with E-state index in [-0.39, 0.29) is 17.0 Å². The highest BCUT2D eigenvalue weighted by Crippen LogP contribution is 2.30. The zero-order valence-corrected chi connectivity index (χ0v) is 12.4. The molecule has 0 bridgehead atoms. The minimum atomic E-state index is -0.905. The molecule has 0 aromatic heterocycles. The molecule has 1 atom stereocenters. The summed E-state index contributed by atoms with van der Waals surface area (Å²) < 4.78 is 13.3. The van der Waals surface area contributed by atoms with E-state index < -0.39 is 17.2 Å². The average Bonchev–Trinajstić information content (AvgIpc) is 2.78. The second kappa shape index (κ2) is 5.40. The Morgan fingerprint density at radius 1 is 1.50 bits per heavy atom. The van der Waals surface area contributed by atoms with E-state index >= 15 is 0 Å². The molecule has 2 rings (SSSR count). The Balaban J connectivity index is 2.03. The maximum atomic E-state index is 13.1. The van der Waals surface area contributed by atoms with Gasteiger partial charge in [0.05, 0.1) is 9.89 Å². The highest BCUT2D eigenvalue weighted by molar-refractivity contribution is 9.10. The largest absolute Gasteiger partial charge is 0.481 e. The maximum Gasteiger partial charge on any atom is 0.321 e. The topological polar surface area (TPSA) is 69.6 Å². The molecule has 0 radical (unpaired) electrons. The van der Waals surface area contributed by atoms with Crippen molar-refractivity contribution in [3.05, 3.63) is 28.5 Å². The van der Waals surface area contributed by atoms with Crippen LogP contribution < -0.4 is 5.32 Å². The van der Waals surface area contributed by atoms with Gasteiger partial charge in [-0.2, -0.15) is 0 Å². The van der Waals surface area contributed by atoms with Crippen LogP contribution in [0.5, 0.6) is 0 Å². The van der Waals surface area contributed by atoms with Crippen LogP contribution >= 0.6 is 15.9 Å². The van der Waals surface area contributed by atoms with Gasteiger partial charge >= 0.3 is 12.0 Å². The smallest absolute Gasteiger partial charge is 0.321 e. The van der Waals surface area contributed by atoms with Crippen LogP contribution in [0, 0.1) is 11.2 Å². The summed E-state index contributed by atoms with van der Waals surface area (Å²) in [5.41, 5.74) is -0.451. The Morgan fingerprint density at radius 2 is 2.20 bits per heavy atom. The van der Waals surface area contributed by atoms with Crippen LogP contribution in [0.15, 0.2) is 22.7 Å². The fourth-order valence-corrected chi connectivity index (χ4v) is 2.46. The molecule has 0 aliphatic carbocycles. The number of nitrogens with zero attached hydrogens (tertiary/aromatic N) is 1. The summed E-state index contributed by atoms with van der Waals surface area (Å²) in [6, 6.07) is 3.77. The van der Waals surface area contributed by atoms with Crippen LogP contribution in [-0.2, 0) is 4.79 Å². The average molecular weight is 345 g/mol. The minimum absolute atomic E-state index is 0.163. The second-order valence-corrected chi connectivity index (χ2v) is 5.95. The van der Waals surface area contributed by atoms with Gasteiger partial charge in [0.1, 0.15) is 5.82 Å². The third-order valence-electron chi connectivity index (χ3n) is 3.45. The molecule has 20 heavy (non-hydrogen) atoms. The van der Waals surface area contributed by atoms with Gasteiger partial charge in [-0.1, -0.05) is 0 Å². The molecule has 1 aromatic rings. The number of carbonyl (C=O) groups excluding carboxylic acids is 1. The standard InChI is InChI=1S/C13H14BrFN2O3/c1-13(11(18)19)4-5-17(7-13)12(20)16-8-2-3-10(15)9(14)6-8/h2-3,6H,4-5,7H2,1H3,(H,16,20)(H,18,19). The molecule has 1 aromatic carbocycles. The van der Waals surface area contributed by atoms with Crippen LogP contribution in [0.2, 0.25) is 0 Å². The van der Waals surface area contributed by atoms with Crippen molar-refractivity contribution in [2.24, 2.45) is 5.41 Å². The van der Waals surface area contributed by atoms with Gasteiger partial charge < -0.3 is 15.3 Å². The number of amides is 2. The second-order valence-electron chi connectivity index (χ2n) is 5.10. The van der Waals surface area contributed by atoms with Crippen molar-refractivity contribution in [2.45, 2.75) is 13.3 Å². The molecule has 7 heteroatoms. The Labute approximate surface area is 123 Å². The number of anilines is 1. The first-order valence-electron chi connectivity index (χ1n) is 6.06. The van der Waals surface area contributed by atoms with Gasteiger partial charge in [-0.05, 0) is 47.5 Å². The van der Waals surface area contributed by atoms with Crippen molar-refractivity contribution in [1.82, 2.24) is 4.90 Å². The number of likely N-dealkylation sites (tertiary alicyclic amines) is 1. The monoisotopic (exact) mass is 344 g/mol. The minimum Gasteiger partial charge on any atom is -0.481 e. The van der Waals surface area contributed by atoms with E-state index in [9.17, 15) is 14.0 Å². The van der Waals surface area contributed by atoms with Gasteiger partial charge in [0.15, 0.2) is 0 Å². The fourth-order valence-electron chi connectivity index (χ4n) is 2.09. The Morgan fingerprint density at radius 3 is 2.75 bits per heavy atom. The summed E-state index contributed by atoms with van der Waals surface area (Å²) in [4.78, 5) is 24.6. The first kappa shape index (κ1) is 14.8. The van der Waals surface area contributed by atoms with E-state index in [1.54, 1.807) is 6.92 Å². The summed E-state index contributed by atoms with van der Waals surface area (Å²) in [7, 11) is 0. The predicted octanol–water partition coefficient (Wildman–Crippen LogP) is 2.92. The number of nitrogens with one attached hydrogen (secondary N) is 1. The Bertz CT molecular complexity index is 567. The van der Waals surface area contributed by atoms with Gasteiger partial charge in [0, 0.05) is 18.8 Å². The lowest BCUT2D eigenvalue weighted by Crippen LogP contribution is -2.37. The van der Waals surface area contributed by atoms with Gasteiger partial charge in [0.2, 0.25) is 0 Å². The molecule has 1 aliphatic heterocycles. The number of benzene rings is 1. The summed E-state index contributed by atoms with van der Waals surface area (Å²) in [6.07, 6.45) is 0.420. The number of urea groups is 1. The molecule has 2 amide bonds. The molecule has 1 fully saturated rings. The molecule has 5 nitrogen and oxygen atoms in total. The maximum absolute atomic E-state index is 13.1. The lowest BCUT2D eigenvalue weighted by Gasteiger charge is -2.20. The normalized spacial score (nSPS) is 21.9. The van der Waals surface area contributed by atoms with Crippen molar-refractivity contribution in [3.63, 3.8) is 0 Å². The number of carbonyl (C=O) groups is 2. The van der Waals surface area contributed by atoms with Crippen molar-refractivity contribution < 1.29 is 19.1 Å². The van der Waals surface area contributed by atoms with Crippen LogP contribution in [0.3, 0.4) is 0 Å². The zero-order valence-electron chi connectivity index (χ0n) is 10.8. The molecular formula is C13H14BrFN2O3. The number of carboxylic acid groups (broad SMARTS) is 1. The Kier molecular flexibility index (Phi) is 3.99. The van der Waals surface area contributed by atoms with Crippen LogP contribution in [0.1, 0.15) is 13.3 Å². The molecule has 0 spiro atoms.